The standard InChI is InChI=1S/C63H123NO5/c1-3-5-7-9-11-13-15-17-18-19-27-30-33-37-41-45-49-53-57-63(68)69-58-54-50-46-42-38-34-31-28-25-23-21-20-22-24-26-29-32-36-40-44-48-52-56-62(67)64-60(59-65)61(66)55-51-47-43-39-35-16-14-12-10-8-6-4-2/h51,55,60-61,65-66H,3-50,52-54,56-59H2,1-2H3,(H,64,67)/b55-51+. The van der Waals surface area contributed by atoms with Gasteiger partial charge < -0.3 is 20.3 Å². The molecule has 0 saturated heterocycles. The van der Waals surface area contributed by atoms with E-state index in [0.29, 0.717) is 19.4 Å². The summed E-state index contributed by atoms with van der Waals surface area (Å²) in [6.45, 7) is 4.92. The number of carbonyl (C=O) groups is 2. The summed E-state index contributed by atoms with van der Waals surface area (Å²) < 4.78 is 5.50. The average molecular weight is 975 g/mol. The SMILES string of the molecule is CCCCCCCCCCCC/C=C/C(O)C(CO)NC(=O)CCCCCCCCCCCCCCCCCCCCCCCCOC(=O)CCCCCCCCCCCCCCCCCCCC. The van der Waals surface area contributed by atoms with Crippen LogP contribution in [0.4, 0.5) is 0 Å². The molecule has 69 heavy (non-hydrogen) atoms. The number of ether oxygens (including phenoxy) is 1. The minimum Gasteiger partial charge on any atom is -0.466 e. The zero-order valence-electron chi connectivity index (χ0n) is 46.8. The molecule has 0 bridgehead atoms. The molecule has 2 atom stereocenters. The first kappa shape index (κ1) is 67.6. The van der Waals surface area contributed by atoms with Crippen LogP contribution in [0.25, 0.3) is 0 Å². The molecule has 0 aromatic heterocycles. The number of carbonyl (C=O) groups excluding carboxylic acids is 2. The van der Waals surface area contributed by atoms with Gasteiger partial charge >= 0.3 is 5.97 Å². The van der Waals surface area contributed by atoms with Gasteiger partial charge in [-0.25, -0.2) is 0 Å². The van der Waals surface area contributed by atoms with Crippen molar-refractivity contribution in [1.82, 2.24) is 5.32 Å². The Morgan fingerprint density at radius 3 is 0.986 bits per heavy atom. The monoisotopic (exact) mass is 974 g/mol. The zero-order valence-corrected chi connectivity index (χ0v) is 46.8. The van der Waals surface area contributed by atoms with Crippen LogP contribution in [0.5, 0.6) is 0 Å². The van der Waals surface area contributed by atoms with Crippen molar-refractivity contribution < 1.29 is 24.5 Å². The summed E-state index contributed by atoms with van der Waals surface area (Å²) in [5.41, 5.74) is 0. The van der Waals surface area contributed by atoms with Gasteiger partial charge in [0.2, 0.25) is 5.91 Å². The van der Waals surface area contributed by atoms with Gasteiger partial charge in [-0.1, -0.05) is 321 Å². The summed E-state index contributed by atoms with van der Waals surface area (Å²) in [4.78, 5) is 24.5. The van der Waals surface area contributed by atoms with Crippen molar-refractivity contribution in [2.24, 2.45) is 0 Å². The van der Waals surface area contributed by atoms with Gasteiger partial charge in [0.25, 0.3) is 0 Å². The quantitative estimate of drug-likeness (QED) is 0.0321. The lowest BCUT2D eigenvalue weighted by Gasteiger charge is -2.20. The number of nitrogens with one attached hydrogen (secondary N) is 1. The zero-order chi connectivity index (χ0) is 50.0. The Labute approximate surface area is 431 Å². The highest BCUT2D eigenvalue weighted by Crippen LogP contribution is 2.18. The molecule has 0 saturated carbocycles. The first-order chi connectivity index (χ1) is 34.0. The van der Waals surface area contributed by atoms with E-state index in [9.17, 15) is 19.8 Å². The predicted octanol–water partition coefficient (Wildman–Crippen LogP) is 19.6. The molecular weight excluding hydrogens is 851 g/mol. The maximum atomic E-state index is 12.4. The van der Waals surface area contributed by atoms with E-state index in [2.05, 4.69) is 19.2 Å². The summed E-state index contributed by atoms with van der Waals surface area (Å²) in [5, 5.41) is 23.1. The smallest absolute Gasteiger partial charge is 0.305 e. The van der Waals surface area contributed by atoms with E-state index >= 15 is 0 Å². The first-order valence-corrected chi connectivity index (χ1v) is 31.5. The third-order valence-corrected chi connectivity index (χ3v) is 14.8. The molecule has 6 heteroatoms. The van der Waals surface area contributed by atoms with Crippen molar-refractivity contribution in [1.29, 1.82) is 0 Å². The Kier molecular flexibility index (Phi) is 58.0. The van der Waals surface area contributed by atoms with Gasteiger partial charge in [-0.15, -0.1) is 0 Å². The average Bonchev–Trinajstić information content (AvgIpc) is 3.35. The van der Waals surface area contributed by atoms with Crippen LogP contribution in [0.3, 0.4) is 0 Å². The number of aliphatic hydroxyl groups excluding tert-OH is 2. The van der Waals surface area contributed by atoms with Crippen molar-refractivity contribution in [2.75, 3.05) is 13.2 Å². The number of aliphatic hydroxyl groups is 2. The maximum Gasteiger partial charge on any atom is 0.305 e. The van der Waals surface area contributed by atoms with Crippen molar-refractivity contribution >= 4 is 11.9 Å². The number of allylic oxidation sites excluding steroid dienone is 1. The highest BCUT2D eigenvalue weighted by atomic mass is 16.5. The third kappa shape index (κ3) is 55.8. The molecule has 2 unspecified atom stereocenters. The Morgan fingerprint density at radius 1 is 0.391 bits per heavy atom. The normalized spacial score (nSPS) is 12.6. The minimum atomic E-state index is -0.842. The van der Waals surface area contributed by atoms with Gasteiger partial charge in [0.1, 0.15) is 0 Å². The molecule has 0 rings (SSSR count). The number of esters is 1. The second-order valence-corrected chi connectivity index (χ2v) is 21.8. The molecule has 0 heterocycles. The first-order valence-electron chi connectivity index (χ1n) is 31.5. The molecule has 0 spiro atoms. The topological polar surface area (TPSA) is 95.9 Å². The van der Waals surface area contributed by atoms with Crippen LogP contribution in [0.2, 0.25) is 0 Å². The Balaban J connectivity index is 3.35. The fraction of sp³-hybridized carbons (Fsp3) is 0.937. The largest absolute Gasteiger partial charge is 0.466 e. The van der Waals surface area contributed by atoms with Crippen molar-refractivity contribution in [2.45, 2.75) is 366 Å². The lowest BCUT2D eigenvalue weighted by molar-refractivity contribution is -0.143. The molecule has 3 N–H and O–H groups in total. The number of amides is 1. The Hall–Kier alpha value is -1.40. The highest BCUT2D eigenvalue weighted by Gasteiger charge is 2.18. The fourth-order valence-electron chi connectivity index (χ4n) is 9.99. The van der Waals surface area contributed by atoms with Crippen molar-refractivity contribution in [3.63, 3.8) is 0 Å². The Morgan fingerprint density at radius 2 is 0.667 bits per heavy atom. The molecule has 0 fully saturated rings. The molecule has 0 aliphatic carbocycles. The predicted molar refractivity (Wildman–Crippen MR) is 301 cm³/mol. The van der Waals surface area contributed by atoms with Gasteiger partial charge in [0, 0.05) is 12.8 Å². The van der Waals surface area contributed by atoms with Crippen LogP contribution < -0.4 is 5.32 Å². The third-order valence-electron chi connectivity index (χ3n) is 14.8. The van der Waals surface area contributed by atoms with Crippen LogP contribution in [-0.2, 0) is 14.3 Å². The fourth-order valence-corrected chi connectivity index (χ4v) is 9.99. The maximum absolute atomic E-state index is 12.4. The second-order valence-electron chi connectivity index (χ2n) is 21.8. The highest BCUT2D eigenvalue weighted by molar-refractivity contribution is 5.76. The van der Waals surface area contributed by atoms with Gasteiger partial charge in [-0.3, -0.25) is 9.59 Å². The van der Waals surface area contributed by atoms with Crippen molar-refractivity contribution in [3.8, 4) is 0 Å². The second kappa shape index (κ2) is 59.2. The molecule has 410 valence electrons. The molecule has 0 aliphatic rings. The van der Waals surface area contributed by atoms with E-state index in [-0.39, 0.29) is 18.5 Å². The van der Waals surface area contributed by atoms with E-state index in [1.165, 1.54) is 289 Å². The number of hydrogen-bond acceptors (Lipinski definition) is 5. The van der Waals surface area contributed by atoms with E-state index in [1.807, 2.05) is 6.08 Å². The van der Waals surface area contributed by atoms with Crippen LogP contribution in [0.15, 0.2) is 12.2 Å². The lowest BCUT2D eigenvalue weighted by atomic mass is 10.0. The summed E-state index contributed by atoms with van der Waals surface area (Å²) in [7, 11) is 0. The molecule has 0 aliphatic heterocycles. The van der Waals surface area contributed by atoms with Gasteiger partial charge in [-0.2, -0.15) is 0 Å². The van der Waals surface area contributed by atoms with E-state index < -0.39 is 12.1 Å². The number of hydrogen-bond donors (Lipinski definition) is 3. The van der Waals surface area contributed by atoms with Crippen LogP contribution in [0.1, 0.15) is 354 Å². The van der Waals surface area contributed by atoms with Gasteiger partial charge in [0.15, 0.2) is 0 Å². The summed E-state index contributed by atoms with van der Waals surface area (Å²) in [6.07, 6.45) is 71.2. The Bertz CT molecular complexity index is 1030. The van der Waals surface area contributed by atoms with E-state index in [0.717, 1.165) is 38.5 Å². The summed E-state index contributed by atoms with van der Waals surface area (Å²) >= 11 is 0. The van der Waals surface area contributed by atoms with Crippen LogP contribution in [0, 0.1) is 0 Å². The van der Waals surface area contributed by atoms with Crippen LogP contribution in [-0.4, -0.2) is 47.4 Å². The van der Waals surface area contributed by atoms with Crippen molar-refractivity contribution in [3.05, 3.63) is 12.2 Å². The lowest BCUT2D eigenvalue weighted by Crippen LogP contribution is -2.45. The molecule has 6 nitrogen and oxygen atoms in total. The van der Waals surface area contributed by atoms with E-state index in [4.69, 9.17) is 4.74 Å². The molecule has 0 aromatic rings. The van der Waals surface area contributed by atoms with Crippen LogP contribution >= 0.6 is 0 Å². The summed E-state index contributed by atoms with van der Waals surface area (Å²) in [6, 6.07) is -0.626. The van der Waals surface area contributed by atoms with Gasteiger partial charge in [-0.05, 0) is 32.1 Å². The molecule has 0 aromatic carbocycles. The number of rotatable bonds is 59. The molecule has 0 radical (unpaired) electrons. The number of unbranched alkanes of at least 4 members (excludes halogenated alkanes) is 48. The summed E-state index contributed by atoms with van der Waals surface area (Å²) in [5.74, 6) is -0.0495. The van der Waals surface area contributed by atoms with Gasteiger partial charge in [0.05, 0.1) is 25.4 Å². The molecule has 1 amide bonds. The minimum absolute atomic E-state index is 0.0177. The van der Waals surface area contributed by atoms with E-state index in [1.54, 1.807) is 6.08 Å². The molecular formula is C63H123NO5.